The van der Waals surface area contributed by atoms with Crippen molar-refractivity contribution in [3.05, 3.63) is 17.6 Å². The van der Waals surface area contributed by atoms with E-state index in [0.29, 0.717) is 18.1 Å². The van der Waals surface area contributed by atoms with E-state index >= 15 is 0 Å². The third-order valence-electron chi connectivity index (χ3n) is 3.99. The highest BCUT2D eigenvalue weighted by Gasteiger charge is 2.25. The van der Waals surface area contributed by atoms with Crippen LogP contribution in [0.15, 0.2) is 15.4 Å². The fourth-order valence-corrected chi connectivity index (χ4v) is 4.42. The molecule has 0 aromatic carbocycles. The Labute approximate surface area is 127 Å². The molecule has 0 saturated heterocycles. The van der Waals surface area contributed by atoms with E-state index in [2.05, 4.69) is 10.0 Å². The average molecular weight is 314 g/mol. The van der Waals surface area contributed by atoms with Crippen LogP contribution < -0.4 is 10.0 Å². The Bertz CT molecular complexity index is 543. The van der Waals surface area contributed by atoms with Gasteiger partial charge in [-0.25, -0.2) is 13.1 Å². The Morgan fingerprint density at radius 2 is 1.81 bits per heavy atom. The van der Waals surface area contributed by atoms with Crippen LogP contribution in [-0.4, -0.2) is 21.5 Å². The molecule has 1 saturated carbocycles. The van der Waals surface area contributed by atoms with Crippen LogP contribution in [-0.2, 0) is 16.6 Å². The summed E-state index contributed by atoms with van der Waals surface area (Å²) in [5.41, 5.74) is 0. The average Bonchev–Trinajstić information content (AvgIpc) is 2.75. The monoisotopic (exact) mass is 314 g/mol. The Morgan fingerprint density at radius 3 is 2.43 bits per heavy atom. The van der Waals surface area contributed by atoms with E-state index in [-0.39, 0.29) is 10.9 Å². The highest BCUT2D eigenvalue weighted by Crippen LogP contribution is 2.23. The molecule has 1 aromatic rings. The predicted octanol–water partition coefficient (Wildman–Crippen LogP) is 2.70. The molecule has 1 fully saturated rings. The van der Waals surface area contributed by atoms with Gasteiger partial charge >= 0.3 is 0 Å². The molecule has 6 heteroatoms. The molecule has 0 aliphatic heterocycles. The summed E-state index contributed by atoms with van der Waals surface area (Å²) in [6, 6.07) is 1.68. The summed E-state index contributed by atoms with van der Waals surface area (Å²) in [5.74, 6) is 1.10. The molecular weight excluding hydrogens is 288 g/mol. The molecule has 1 heterocycles. The minimum atomic E-state index is -3.49. The molecule has 0 atom stereocenters. The van der Waals surface area contributed by atoms with E-state index in [1.807, 2.05) is 0 Å². The SMILES string of the molecule is CNCc1cc(S(=O)(=O)NC2CCCCCCC2)c(C)o1. The largest absolute Gasteiger partial charge is 0.464 e. The first kappa shape index (κ1) is 16.5. The second-order valence-electron chi connectivity index (χ2n) is 5.83. The van der Waals surface area contributed by atoms with Crippen molar-refractivity contribution in [2.24, 2.45) is 0 Å². The van der Waals surface area contributed by atoms with Crippen LogP contribution in [0.1, 0.15) is 56.5 Å². The standard InChI is InChI=1S/C15H26N2O3S/c1-12-15(10-14(20-12)11-16-2)21(18,19)17-13-8-6-4-3-5-7-9-13/h10,13,16-17H,3-9,11H2,1-2H3. The van der Waals surface area contributed by atoms with Crippen LogP contribution in [0.3, 0.4) is 0 Å². The molecule has 1 aromatic heterocycles. The second kappa shape index (κ2) is 7.42. The Morgan fingerprint density at radius 1 is 1.19 bits per heavy atom. The van der Waals surface area contributed by atoms with Gasteiger partial charge in [-0.15, -0.1) is 0 Å². The zero-order valence-corrected chi connectivity index (χ0v) is 13.8. The van der Waals surface area contributed by atoms with E-state index in [1.54, 1.807) is 20.0 Å². The minimum absolute atomic E-state index is 0.0531. The smallest absolute Gasteiger partial charge is 0.244 e. The fourth-order valence-electron chi connectivity index (χ4n) is 2.91. The van der Waals surface area contributed by atoms with Crippen LogP contribution in [0, 0.1) is 6.92 Å². The van der Waals surface area contributed by atoms with Crippen molar-refractivity contribution in [3.8, 4) is 0 Å². The van der Waals surface area contributed by atoms with Crippen molar-refractivity contribution in [3.63, 3.8) is 0 Å². The summed E-state index contributed by atoms with van der Waals surface area (Å²) in [4.78, 5) is 0.273. The first-order valence-corrected chi connectivity index (χ1v) is 9.27. The van der Waals surface area contributed by atoms with Crippen LogP contribution in [0.5, 0.6) is 0 Å². The van der Waals surface area contributed by atoms with Crippen molar-refractivity contribution in [2.45, 2.75) is 69.4 Å². The maximum Gasteiger partial charge on any atom is 0.244 e. The quantitative estimate of drug-likeness (QED) is 0.876. The first-order chi connectivity index (χ1) is 10.0. The van der Waals surface area contributed by atoms with Gasteiger partial charge in [0.05, 0.1) is 6.54 Å². The number of nitrogens with one attached hydrogen (secondary N) is 2. The molecular formula is C15H26N2O3S. The van der Waals surface area contributed by atoms with Gasteiger partial charge in [-0.1, -0.05) is 32.1 Å². The van der Waals surface area contributed by atoms with Crippen LogP contribution in [0.2, 0.25) is 0 Å². The molecule has 0 amide bonds. The number of rotatable bonds is 5. The third kappa shape index (κ3) is 4.56. The molecule has 0 radical (unpaired) electrons. The molecule has 1 aliphatic carbocycles. The molecule has 120 valence electrons. The van der Waals surface area contributed by atoms with Crippen LogP contribution >= 0.6 is 0 Å². The van der Waals surface area contributed by atoms with Crippen LogP contribution in [0.4, 0.5) is 0 Å². The number of aryl methyl sites for hydroxylation is 1. The van der Waals surface area contributed by atoms with Gasteiger partial charge in [-0.3, -0.25) is 0 Å². The summed E-state index contributed by atoms with van der Waals surface area (Å²) in [6.07, 6.45) is 7.74. The molecule has 1 aliphatic rings. The molecule has 2 N–H and O–H groups in total. The van der Waals surface area contributed by atoms with Crippen LogP contribution in [0.25, 0.3) is 0 Å². The van der Waals surface area contributed by atoms with Gasteiger partial charge in [0.2, 0.25) is 10.0 Å². The maximum atomic E-state index is 12.5. The van der Waals surface area contributed by atoms with E-state index in [0.717, 1.165) is 25.7 Å². The fraction of sp³-hybridized carbons (Fsp3) is 0.733. The predicted molar refractivity (Wildman–Crippen MR) is 82.6 cm³/mol. The lowest BCUT2D eigenvalue weighted by Crippen LogP contribution is -2.35. The summed E-state index contributed by atoms with van der Waals surface area (Å²) < 4.78 is 33.5. The zero-order chi connectivity index (χ0) is 15.3. The van der Waals surface area contributed by atoms with Crippen molar-refractivity contribution < 1.29 is 12.8 Å². The van der Waals surface area contributed by atoms with Gasteiger partial charge in [0.1, 0.15) is 16.4 Å². The molecule has 5 nitrogen and oxygen atoms in total. The lowest BCUT2D eigenvalue weighted by Gasteiger charge is -2.20. The van der Waals surface area contributed by atoms with Gasteiger partial charge in [0.25, 0.3) is 0 Å². The van der Waals surface area contributed by atoms with E-state index in [9.17, 15) is 8.42 Å². The van der Waals surface area contributed by atoms with Gasteiger partial charge in [-0.2, -0.15) is 0 Å². The first-order valence-electron chi connectivity index (χ1n) is 7.79. The molecule has 21 heavy (non-hydrogen) atoms. The molecule has 0 unspecified atom stereocenters. The summed E-state index contributed by atoms with van der Waals surface area (Å²) >= 11 is 0. The van der Waals surface area contributed by atoms with Crippen molar-refractivity contribution in [1.82, 2.24) is 10.0 Å². The second-order valence-corrected chi connectivity index (χ2v) is 7.51. The van der Waals surface area contributed by atoms with E-state index in [1.165, 1.54) is 19.3 Å². The summed E-state index contributed by atoms with van der Waals surface area (Å²) in [5, 5.41) is 2.96. The Balaban J connectivity index is 2.09. The maximum absolute atomic E-state index is 12.5. The third-order valence-corrected chi connectivity index (χ3v) is 5.62. The van der Waals surface area contributed by atoms with Crippen molar-refractivity contribution >= 4 is 10.0 Å². The normalized spacial score (nSPS) is 18.4. The number of hydrogen-bond acceptors (Lipinski definition) is 4. The van der Waals surface area contributed by atoms with E-state index < -0.39 is 10.0 Å². The molecule has 0 spiro atoms. The van der Waals surface area contributed by atoms with Gasteiger partial charge < -0.3 is 9.73 Å². The molecule has 2 rings (SSSR count). The zero-order valence-electron chi connectivity index (χ0n) is 12.9. The van der Waals surface area contributed by atoms with E-state index in [4.69, 9.17) is 4.42 Å². The lowest BCUT2D eigenvalue weighted by molar-refractivity contribution is 0.425. The Kier molecular flexibility index (Phi) is 5.84. The number of sulfonamides is 1. The summed E-state index contributed by atoms with van der Waals surface area (Å²) in [7, 11) is -1.68. The van der Waals surface area contributed by atoms with Gasteiger partial charge in [0, 0.05) is 12.1 Å². The minimum Gasteiger partial charge on any atom is -0.464 e. The number of furan rings is 1. The van der Waals surface area contributed by atoms with Gasteiger partial charge in [-0.05, 0) is 26.8 Å². The lowest BCUT2D eigenvalue weighted by atomic mass is 9.97. The summed E-state index contributed by atoms with van der Waals surface area (Å²) in [6.45, 7) is 2.23. The van der Waals surface area contributed by atoms with Gasteiger partial charge in [0.15, 0.2) is 0 Å². The van der Waals surface area contributed by atoms with Crippen molar-refractivity contribution in [1.29, 1.82) is 0 Å². The number of hydrogen-bond donors (Lipinski definition) is 2. The Hall–Kier alpha value is -0.850. The highest BCUT2D eigenvalue weighted by molar-refractivity contribution is 7.89. The van der Waals surface area contributed by atoms with Crippen molar-refractivity contribution in [2.75, 3.05) is 7.05 Å². The molecule has 0 bridgehead atoms. The highest BCUT2D eigenvalue weighted by atomic mass is 32.2. The topological polar surface area (TPSA) is 71.3 Å².